The summed E-state index contributed by atoms with van der Waals surface area (Å²) in [5.41, 5.74) is 3.20. The maximum atomic E-state index is 12.9. The minimum absolute atomic E-state index is 0.215. The Morgan fingerprint density at radius 2 is 1.89 bits per heavy atom. The summed E-state index contributed by atoms with van der Waals surface area (Å²) < 4.78 is 18.1. The Morgan fingerprint density at radius 1 is 1.07 bits per heavy atom. The first-order valence-electron chi connectivity index (χ1n) is 8.99. The van der Waals surface area contributed by atoms with Gasteiger partial charge >= 0.3 is 0 Å². The van der Waals surface area contributed by atoms with E-state index in [1.54, 1.807) is 37.6 Å². The largest absolute Gasteiger partial charge is 0.497 e. The van der Waals surface area contributed by atoms with Gasteiger partial charge in [0.2, 0.25) is 0 Å². The van der Waals surface area contributed by atoms with Crippen molar-refractivity contribution in [3.8, 4) is 5.75 Å². The first kappa shape index (κ1) is 19.4. The van der Waals surface area contributed by atoms with Crippen LogP contribution in [0.3, 0.4) is 0 Å². The van der Waals surface area contributed by atoms with Gasteiger partial charge in [0.25, 0.3) is 5.91 Å². The van der Waals surface area contributed by atoms with E-state index in [1.165, 1.54) is 12.1 Å². The molecule has 5 nitrogen and oxygen atoms in total. The normalized spacial score (nSPS) is 10.4. The smallest absolute Gasteiger partial charge is 0.269 e. The third kappa shape index (κ3) is 5.54. The highest BCUT2D eigenvalue weighted by molar-refractivity contribution is 5.92. The van der Waals surface area contributed by atoms with Gasteiger partial charge in [-0.25, -0.2) is 9.37 Å². The molecule has 0 saturated heterocycles. The molecule has 6 heteroatoms. The van der Waals surface area contributed by atoms with Crippen molar-refractivity contribution < 1.29 is 13.9 Å². The quantitative estimate of drug-likeness (QED) is 0.625. The number of benzene rings is 2. The maximum absolute atomic E-state index is 12.9. The number of carbonyl (C=O) groups excluding carboxylic acids is 1. The molecule has 2 aromatic carbocycles. The summed E-state index contributed by atoms with van der Waals surface area (Å²) in [4.78, 5) is 16.4. The number of nitrogens with zero attached hydrogens (tertiary/aromatic N) is 1. The van der Waals surface area contributed by atoms with Gasteiger partial charge in [0.1, 0.15) is 17.3 Å². The van der Waals surface area contributed by atoms with E-state index >= 15 is 0 Å². The molecule has 0 saturated carbocycles. The van der Waals surface area contributed by atoms with Crippen LogP contribution in [0.4, 0.5) is 10.1 Å². The number of rotatable bonds is 8. The van der Waals surface area contributed by atoms with Crippen molar-refractivity contribution in [3.63, 3.8) is 0 Å². The summed E-state index contributed by atoms with van der Waals surface area (Å²) in [7, 11) is 1.63. The lowest BCUT2D eigenvalue weighted by molar-refractivity contribution is 0.0949. The highest BCUT2D eigenvalue weighted by Gasteiger charge is 2.07. The van der Waals surface area contributed by atoms with Crippen LogP contribution in [0.5, 0.6) is 5.75 Å². The Balaban J connectivity index is 1.47. The fourth-order valence-electron chi connectivity index (χ4n) is 2.68. The Morgan fingerprint density at radius 3 is 2.61 bits per heavy atom. The first-order chi connectivity index (χ1) is 13.6. The number of carbonyl (C=O) groups is 1. The zero-order valence-corrected chi connectivity index (χ0v) is 15.6. The number of ether oxygens (including phenoxy) is 1. The molecule has 0 aliphatic rings. The van der Waals surface area contributed by atoms with E-state index in [-0.39, 0.29) is 11.7 Å². The summed E-state index contributed by atoms with van der Waals surface area (Å²) >= 11 is 0. The molecule has 0 aliphatic heterocycles. The summed E-state index contributed by atoms with van der Waals surface area (Å²) in [6.45, 7) is 1.06. The van der Waals surface area contributed by atoms with Crippen molar-refractivity contribution in [1.29, 1.82) is 0 Å². The molecule has 144 valence electrons. The highest BCUT2D eigenvalue weighted by Crippen LogP contribution is 2.13. The molecule has 2 N–H and O–H groups in total. The average Bonchev–Trinajstić information content (AvgIpc) is 2.74. The zero-order chi connectivity index (χ0) is 19.8. The fraction of sp³-hybridized carbons (Fsp3) is 0.182. The van der Waals surface area contributed by atoms with Crippen molar-refractivity contribution in [1.82, 2.24) is 10.3 Å². The van der Waals surface area contributed by atoms with Crippen LogP contribution < -0.4 is 15.4 Å². The summed E-state index contributed by atoms with van der Waals surface area (Å²) in [5, 5.41) is 6.06. The van der Waals surface area contributed by atoms with E-state index in [2.05, 4.69) is 15.6 Å². The van der Waals surface area contributed by atoms with Gasteiger partial charge < -0.3 is 15.4 Å². The minimum atomic E-state index is -0.257. The molecule has 1 heterocycles. The number of hydrogen-bond donors (Lipinski definition) is 2. The summed E-state index contributed by atoms with van der Waals surface area (Å²) in [6, 6.07) is 17.5. The number of nitrogens with one attached hydrogen (secondary N) is 2. The van der Waals surface area contributed by atoms with Crippen molar-refractivity contribution in [2.24, 2.45) is 0 Å². The van der Waals surface area contributed by atoms with Crippen molar-refractivity contribution in [2.45, 2.75) is 13.0 Å². The second-order valence-electron chi connectivity index (χ2n) is 6.27. The zero-order valence-electron chi connectivity index (χ0n) is 15.6. The first-order valence-corrected chi connectivity index (χ1v) is 8.99. The number of aromatic nitrogens is 1. The molecular formula is C22H22FN3O2. The molecule has 3 rings (SSSR count). The van der Waals surface area contributed by atoms with Crippen LogP contribution in [0.25, 0.3) is 0 Å². The van der Waals surface area contributed by atoms with Crippen molar-refractivity contribution >= 4 is 11.6 Å². The molecule has 1 aromatic heterocycles. The van der Waals surface area contributed by atoms with Crippen LogP contribution in [0.15, 0.2) is 66.9 Å². The molecule has 0 radical (unpaired) electrons. The van der Waals surface area contributed by atoms with Gasteiger partial charge in [0.15, 0.2) is 0 Å². The average molecular weight is 379 g/mol. The third-order valence-electron chi connectivity index (χ3n) is 4.24. The van der Waals surface area contributed by atoms with Crippen LogP contribution in [0.1, 0.15) is 21.6 Å². The van der Waals surface area contributed by atoms with Gasteiger partial charge in [-0.2, -0.15) is 0 Å². The van der Waals surface area contributed by atoms with E-state index in [4.69, 9.17) is 4.74 Å². The minimum Gasteiger partial charge on any atom is -0.497 e. The van der Waals surface area contributed by atoms with E-state index in [9.17, 15) is 9.18 Å². The van der Waals surface area contributed by atoms with Gasteiger partial charge in [-0.1, -0.05) is 24.3 Å². The topological polar surface area (TPSA) is 63.2 Å². The molecule has 3 aromatic rings. The lowest BCUT2D eigenvalue weighted by atomic mass is 10.1. The standard InChI is InChI=1S/C22H22FN3O2/c1-28-20-4-2-3-16(13-20)11-12-24-22(27)21-10-9-19(15-26-21)25-14-17-5-7-18(23)8-6-17/h2-10,13,15,25H,11-12,14H2,1H3,(H,24,27). The lowest BCUT2D eigenvalue weighted by Gasteiger charge is -2.08. The van der Waals surface area contributed by atoms with Gasteiger partial charge in [-0.05, 0) is 53.9 Å². The Bertz CT molecular complexity index is 912. The van der Waals surface area contributed by atoms with Crippen LogP contribution in [-0.2, 0) is 13.0 Å². The molecule has 0 fully saturated rings. The van der Waals surface area contributed by atoms with Crippen LogP contribution in [0, 0.1) is 5.82 Å². The molecule has 0 spiro atoms. The molecule has 0 atom stereocenters. The van der Waals surface area contributed by atoms with Crippen molar-refractivity contribution in [3.05, 3.63) is 89.5 Å². The summed E-state index contributed by atoms with van der Waals surface area (Å²) in [6.07, 6.45) is 2.32. The fourth-order valence-corrected chi connectivity index (χ4v) is 2.68. The number of hydrogen-bond acceptors (Lipinski definition) is 4. The van der Waals surface area contributed by atoms with Gasteiger partial charge in [-0.3, -0.25) is 4.79 Å². The van der Waals surface area contributed by atoms with E-state index in [1.807, 2.05) is 24.3 Å². The molecular weight excluding hydrogens is 357 g/mol. The van der Waals surface area contributed by atoms with E-state index in [0.29, 0.717) is 25.2 Å². The number of methoxy groups -OCH3 is 1. The lowest BCUT2D eigenvalue weighted by Crippen LogP contribution is -2.26. The Kier molecular flexibility index (Phi) is 6.57. The second kappa shape index (κ2) is 9.50. The van der Waals surface area contributed by atoms with Gasteiger partial charge in [0, 0.05) is 13.1 Å². The van der Waals surface area contributed by atoms with E-state index in [0.717, 1.165) is 22.6 Å². The number of amides is 1. The molecule has 28 heavy (non-hydrogen) atoms. The van der Waals surface area contributed by atoms with Crippen LogP contribution in [0.2, 0.25) is 0 Å². The SMILES string of the molecule is COc1cccc(CCNC(=O)c2ccc(NCc3ccc(F)cc3)cn2)c1. The predicted molar refractivity (Wildman–Crippen MR) is 107 cm³/mol. The second-order valence-corrected chi connectivity index (χ2v) is 6.27. The van der Waals surface area contributed by atoms with Crippen LogP contribution >= 0.6 is 0 Å². The number of pyridine rings is 1. The number of anilines is 1. The number of halogens is 1. The monoisotopic (exact) mass is 379 g/mol. The summed E-state index contributed by atoms with van der Waals surface area (Å²) in [5.74, 6) is 0.328. The van der Waals surface area contributed by atoms with Crippen LogP contribution in [-0.4, -0.2) is 24.5 Å². The molecule has 1 amide bonds. The molecule has 0 aliphatic carbocycles. The predicted octanol–water partition coefficient (Wildman–Crippen LogP) is 3.81. The maximum Gasteiger partial charge on any atom is 0.269 e. The van der Waals surface area contributed by atoms with Gasteiger partial charge in [-0.15, -0.1) is 0 Å². The van der Waals surface area contributed by atoms with Crippen molar-refractivity contribution in [2.75, 3.05) is 19.0 Å². The molecule has 0 bridgehead atoms. The Labute approximate surface area is 163 Å². The third-order valence-corrected chi connectivity index (χ3v) is 4.24. The highest BCUT2D eigenvalue weighted by atomic mass is 19.1. The Hall–Kier alpha value is -3.41. The molecule has 0 unspecified atom stereocenters. The van der Waals surface area contributed by atoms with E-state index < -0.39 is 0 Å². The van der Waals surface area contributed by atoms with Gasteiger partial charge in [0.05, 0.1) is 19.0 Å².